The van der Waals surface area contributed by atoms with Gasteiger partial charge in [0.2, 0.25) is 0 Å². The maximum atomic E-state index is 12.3. The first-order valence-electron chi connectivity index (χ1n) is 6.84. The number of aromatic nitrogens is 2. The first kappa shape index (κ1) is 14.5. The highest BCUT2D eigenvalue weighted by molar-refractivity contribution is 5.74. The van der Waals surface area contributed by atoms with Gasteiger partial charge in [0.1, 0.15) is 12.3 Å². The van der Waals surface area contributed by atoms with Crippen molar-refractivity contribution in [3.8, 4) is 6.01 Å². The summed E-state index contributed by atoms with van der Waals surface area (Å²) in [4.78, 5) is 30.3. The molecule has 1 aromatic rings. The quantitative estimate of drug-likeness (QED) is 0.826. The molecular weight excluding hydrogens is 260 g/mol. The topological polar surface area (TPSA) is 78.5 Å². The largest absolute Gasteiger partial charge is 0.433 e. The average molecular weight is 280 g/mol. The van der Waals surface area contributed by atoms with Crippen LogP contribution < -0.4 is 4.74 Å². The molecule has 7 nitrogen and oxygen atoms in total. The number of carbonyl (C=O) groups excluding carboxylic acids is 2. The van der Waals surface area contributed by atoms with Crippen molar-refractivity contribution in [2.45, 2.75) is 32.7 Å². The number of aldehydes is 1. The lowest BCUT2D eigenvalue weighted by Crippen LogP contribution is -2.54. The molecule has 1 aromatic heterocycles. The third kappa shape index (κ3) is 3.16. The van der Waals surface area contributed by atoms with E-state index in [1.54, 1.807) is 6.20 Å². The number of H-pyrrole nitrogens is 1. The highest BCUT2D eigenvalue weighted by Gasteiger charge is 2.34. The van der Waals surface area contributed by atoms with E-state index in [2.05, 4.69) is 9.97 Å². The van der Waals surface area contributed by atoms with Gasteiger partial charge >= 0.3 is 12.1 Å². The van der Waals surface area contributed by atoms with Gasteiger partial charge in [-0.1, -0.05) is 13.8 Å². The zero-order valence-electron chi connectivity index (χ0n) is 11.8. The maximum Gasteiger partial charge on any atom is 0.433 e. The van der Waals surface area contributed by atoms with Gasteiger partial charge in [0.15, 0.2) is 0 Å². The smallest absolute Gasteiger partial charge is 0.374 e. The molecule has 1 atom stereocenters. The summed E-state index contributed by atoms with van der Waals surface area (Å²) < 4.78 is 5.18. The molecule has 7 heteroatoms. The maximum absolute atomic E-state index is 12.3. The van der Waals surface area contributed by atoms with Crippen LogP contribution in [-0.2, 0) is 4.79 Å². The molecule has 0 aromatic carbocycles. The molecule has 0 radical (unpaired) electrons. The number of rotatable bonds is 5. The van der Waals surface area contributed by atoms with Crippen LogP contribution in [0.2, 0.25) is 0 Å². The van der Waals surface area contributed by atoms with Crippen LogP contribution in [-0.4, -0.2) is 51.5 Å². The Morgan fingerprint density at radius 3 is 2.70 bits per heavy atom. The third-order valence-electron chi connectivity index (χ3n) is 3.34. The number of aromatic amines is 1. The zero-order chi connectivity index (χ0) is 14.5. The Hall–Kier alpha value is -1.89. The van der Waals surface area contributed by atoms with Crippen molar-refractivity contribution in [3.63, 3.8) is 0 Å². The van der Waals surface area contributed by atoms with Gasteiger partial charge in [-0.25, -0.2) is 19.8 Å². The van der Waals surface area contributed by atoms with Crippen LogP contribution in [0.15, 0.2) is 12.4 Å². The number of carbonyl (C=O) groups is 2. The zero-order valence-corrected chi connectivity index (χ0v) is 11.8. The number of nitrogens with zero attached hydrogens (tertiary/aromatic N) is 3. The highest BCUT2D eigenvalue weighted by Crippen LogP contribution is 2.19. The highest BCUT2D eigenvalue weighted by atomic mass is 16.6. The molecule has 1 aliphatic rings. The summed E-state index contributed by atoms with van der Waals surface area (Å²) in [7, 11) is 0. The lowest BCUT2D eigenvalue weighted by molar-refractivity contribution is -0.120. The molecular formula is C13H20N4O3. The molecule has 1 aliphatic heterocycles. The van der Waals surface area contributed by atoms with Gasteiger partial charge in [0.25, 0.3) is 0 Å². The number of amides is 1. The van der Waals surface area contributed by atoms with Gasteiger partial charge in [-0.3, -0.25) is 0 Å². The predicted octanol–water partition coefficient (Wildman–Crippen LogP) is 1.44. The molecule has 0 aliphatic carbocycles. The van der Waals surface area contributed by atoms with Crippen LogP contribution in [0.5, 0.6) is 6.01 Å². The number of ether oxygens (including phenoxy) is 1. The first-order valence-corrected chi connectivity index (χ1v) is 6.84. The molecule has 1 fully saturated rings. The second-order valence-electron chi connectivity index (χ2n) is 5.14. The van der Waals surface area contributed by atoms with E-state index in [0.29, 0.717) is 0 Å². The second kappa shape index (κ2) is 6.51. The predicted molar refractivity (Wildman–Crippen MR) is 71.9 cm³/mol. The van der Waals surface area contributed by atoms with E-state index in [4.69, 9.17) is 4.74 Å². The van der Waals surface area contributed by atoms with Gasteiger partial charge in [0, 0.05) is 25.5 Å². The van der Waals surface area contributed by atoms with E-state index >= 15 is 0 Å². The number of hydrazine groups is 1. The summed E-state index contributed by atoms with van der Waals surface area (Å²) in [5, 5.41) is 3.30. The molecule has 0 bridgehead atoms. The van der Waals surface area contributed by atoms with Crippen LogP contribution in [0.4, 0.5) is 4.79 Å². The van der Waals surface area contributed by atoms with E-state index in [-0.39, 0.29) is 11.9 Å². The van der Waals surface area contributed by atoms with E-state index < -0.39 is 12.1 Å². The van der Waals surface area contributed by atoms with Crippen LogP contribution >= 0.6 is 0 Å². The van der Waals surface area contributed by atoms with Gasteiger partial charge < -0.3 is 14.5 Å². The molecule has 1 saturated heterocycles. The van der Waals surface area contributed by atoms with Crippen molar-refractivity contribution < 1.29 is 14.3 Å². The first-order chi connectivity index (χ1) is 9.63. The van der Waals surface area contributed by atoms with E-state index in [1.165, 1.54) is 11.2 Å². The molecule has 0 spiro atoms. The van der Waals surface area contributed by atoms with Crippen LogP contribution in [0.3, 0.4) is 0 Å². The second-order valence-corrected chi connectivity index (χ2v) is 5.14. The molecule has 0 saturated carbocycles. The van der Waals surface area contributed by atoms with Crippen molar-refractivity contribution in [2.75, 3.05) is 13.1 Å². The summed E-state index contributed by atoms with van der Waals surface area (Å²) in [6.45, 7) is 5.32. The van der Waals surface area contributed by atoms with Gasteiger partial charge in [-0.15, -0.1) is 0 Å². The fourth-order valence-electron chi connectivity index (χ4n) is 2.27. The van der Waals surface area contributed by atoms with Gasteiger partial charge in [-0.2, -0.15) is 0 Å². The van der Waals surface area contributed by atoms with Crippen molar-refractivity contribution in [1.29, 1.82) is 0 Å². The number of imidazole rings is 1. The van der Waals surface area contributed by atoms with Crippen molar-refractivity contribution in [3.05, 3.63) is 12.4 Å². The van der Waals surface area contributed by atoms with Crippen LogP contribution in [0.1, 0.15) is 26.7 Å². The minimum Gasteiger partial charge on any atom is -0.374 e. The Labute approximate surface area is 117 Å². The van der Waals surface area contributed by atoms with Gasteiger partial charge in [-0.05, 0) is 18.8 Å². The standard InChI is InChI=1S/C13H20N4O3/c1-10(2)11(9-18)17(16-7-3-4-8-16)13(19)20-12-14-5-6-15-12/h5-6,9-11H,3-4,7-8H2,1-2H3,(H,14,15). The number of hydrogen-bond donors (Lipinski definition) is 1. The summed E-state index contributed by atoms with van der Waals surface area (Å²) in [5.41, 5.74) is 0. The third-order valence-corrected chi connectivity index (χ3v) is 3.34. The summed E-state index contributed by atoms with van der Waals surface area (Å²) in [6, 6.07) is -0.400. The lowest BCUT2D eigenvalue weighted by atomic mass is 10.1. The monoisotopic (exact) mass is 280 g/mol. The Bertz CT molecular complexity index is 440. The normalized spacial score (nSPS) is 17.1. The Morgan fingerprint density at radius 2 is 2.20 bits per heavy atom. The fraction of sp³-hybridized carbons (Fsp3) is 0.615. The van der Waals surface area contributed by atoms with E-state index in [9.17, 15) is 9.59 Å². The molecule has 2 heterocycles. The molecule has 1 amide bonds. The summed E-state index contributed by atoms with van der Waals surface area (Å²) >= 11 is 0. The Morgan fingerprint density at radius 1 is 1.50 bits per heavy atom. The van der Waals surface area contributed by atoms with Crippen molar-refractivity contribution in [1.82, 2.24) is 20.0 Å². The SMILES string of the molecule is CC(C)C(C=O)N(C(=O)Oc1ncc[nH]1)N1CCCC1. The average Bonchev–Trinajstić information content (AvgIpc) is 3.07. The molecule has 110 valence electrons. The minimum atomic E-state index is -0.576. The van der Waals surface area contributed by atoms with Crippen molar-refractivity contribution >= 4 is 12.4 Å². The molecule has 1 N–H and O–H groups in total. The number of nitrogens with one attached hydrogen (secondary N) is 1. The number of hydrogen-bond acceptors (Lipinski definition) is 5. The van der Waals surface area contributed by atoms with Crippen molar-refractivity contribution in [2.24, 2.45) is 5.92 Å². The molecule has 1 unspecified atom stereocenters. The summed E-state index contributed by atoms with van der Waals surface area (Å²) in [6.07, 6.45) is 5.31. The van der Waals surface area contributed by atoms with E-state index in [0.717, 1.165) is 32.2 Å². The Kier molecular flexibility index (Phi) is 4.73. The van der Waals surface area contributed by atoms with Crippen LogP contribution in [0.25, 0.3) is 0 Å². The van der Waals surface area contributed by atoms with Gasteiger partial charge in [0.05, 0.1) is 0 Å². The van der Waals surface area contributed by atoms with E-state index in [1.807, 2.05) is 18.9 Å². The lowest BCUT2D eigenvalue weighted by Gasteiger charge is -2.36. The molecule has 2 rings (SSSR count). The fourth-order valence-corrected chi connectivity index (χ4v) is 2.27. The summed E-state index contributed by atoms with van der Waals surface area (Å²) in [5.74, 6) is 0.0113. The molecule has 20 heavy (non-hydrogen) atoms. The minimum absolute atomic E-state index is 0.0113. The van der Waals surface area contributed by atoms with Crippen LogP contribution in [0, 0.1) is 5.92 Å². The Balaban J connectivity index is 2.16.